The van der Waals surface area contributed by atoms with Crippen LogP contribution in [0.4, 0.5) is 0 Å². The monoisotopic (exact) mass is 285 g/mol. The lowest BCUT2D eigenvalue weighted by Crippen LogP contribution is -2.42. The summed E-state index contributed by atoms with van der Waals surface area (Å²) in [7, 11) is 0. The Balaban J connectivity index is 2.01. The van der Waals surface area contributed by atoms with Crippen LogP contribution in [0.3, 0.4) is 0 Å². The molecule has 1 aliphatic heterocycles. The van der Waals surface area contributed by atoms with E-state index in [1.165, 1.54) is 0 Å². The molecule has 1 aliphatic rings. The summed E-state index contributed by atoms with van der Waals surface area (Å²) in [6.45, 7) is 7.97. The quantitative estimate of drug-likeness (QED) is 0.622. The number of carbonyl (C=O) groups excluding carboxylic acids is 2. The maximum Gasteiger partial charge on any atom is 0.224 e. The lowest BCUT2D eigenvalue weighted by Gasteiger charge is -2.26. The largest absolute Gasteiger partial charge is 0.378 e. The summed E-state index contributed by atoms with van der Waals surface area (Å²) in [6.07, 6.45) is 1.70. The molecule has 0 aromatic heterocycles. The van der Waals surface area contributed by atoms with Gasteiger partial charge in [-0.05, 0) is 13.0 Å². The molecule has 1 heterocycles. The Kier molecular flexibility index (Phi) is 8.22. The summed E-state index contributed by atoms with van der Waals surface area (Å²) in [4.78, 5) is 25.2. The van der Waals surface area contributed by atoms with E-state index in [2.05, 4.69) is 24.5 Å². The van der Waals surface area contributed by atoms with Crippen molar-refractivity contribution in [3.05, 3.63) is 0 Å². The van der Waals surface area contributed by atoms with Gasteiger partial charge in [0.15, 0.2) is 0 Å². The number of hydrogen-bond acceptors (Lipinski definition) is 4. The highest BCUT2D eigenvalue weighted by Crippen LogP contribution is 1.99. The fourth-order valence-corrected chi connectivity index (χ4v) is 2.01. The molecule has 0 atom stereocenters. The van der Waals surface area contributed by atoms with Gasteiger partial charge in [-0.25, -0.2) is 0 Å². The summed E-state index contributed by atoms with van der Waals surface area (Å²) < 4.78 is 5.19. The minimum atomic E-state index is 0.0188. The molecule has 0 spiro atoms. The molecule has 0 aliphatic carbocycles. The first kappa shape index (κ1) is 16.9. The number of hydrogen-bond donors (Lipinski definition) is 2. The highest BCUT2D eigenvalue weighted by atomic mass is 16.5. The third kappa shape index (κ3) is 7.45. The minimum Gasteiger partial charge on any atom is -0.378 e. The van der Waals surface area contributed by atoms with Gasteiger partial charge in [0.25, 0.3) is 0 Å². The molecule has 2 amide bonds. The summed E-state index contributed by atoms with van der Waals surface area (Å²) in [5.41, 5.74) is 0. The predicted molar refractivity (Wildman–Crippen MR) is 77.4 cm³/mol. The number of nitrogens with one attached hydrogen (secondary N) is 2. The van der Waals surface area contributed by atoms with Crippen LogP contribution in [-0.2, 0) is 14.3 Å². The standard InChI is InChI=1S/C14H27N3O3/c1-12(2)15-6-3-4-13(18)16-7-5-14(19)17-8-10-20-11-9-17/h12,15H,3-11H2,1-2H3,(H,16,18). The van der Waals surface area contributed by atoms with Crippen LogP contribution in [0.25, 0.3) is 0 Å². The van der Waals surface area contributed by atoms with Gasteiger partial charge in [-0.3, -0.25) is 9.59 Å². The number of amides is 2. The average molecular weight is 285 g/mol. The normalized spacial score (nSPS) is 15.4. The van der Waals surface area contributed by atoms with Gasteiger partial charge in [-0.15, -0.1) is 0 Å². The van der Waals surface area contributed by atoms with Crippen LogP contribution < -0.4 is 10.6 Å². The molecule has 1 saturated heterocycles. The summed E-state index contributed by atoms with van der Waals surface area (Å²) in [5.74, 6) is 0.111. The molecule has 0 aromatic rings. The highest BCUT2D eigenvalue weighted by Gasteiger charge is 2.16. The van der Waals surface area contributed by atoms with E-state index in [4.69, 9.17) is 4.74 Å². The molecule has 0 bridgehead atoms. The number of rotatable bonds is 8. The number of morpholine rings is 1. The van der Waals surface area contributed by atoms with Gasteiger partial charge in [0.1, 0.15) is 0 Å². The molecule has 0 saturated carbocycles. The van der Waals surface area contributed by atoms with E-state index in [9.17, 15) is 9.59 Å². The van der Waals surface area contributed by atoms with Crippen LogP contribution >= 0.6 is 0 Å². The van der Waals surface area contributed by atoms with E-state index in [0.717, 1.165) is 13.0 Å². The van der Waals surface area contributed by atoms with E-state index in [1.54, 1.807) is 4.90 Å². The SMILES string of the molecule is CC(C)NCCCC(=O)NCCC(=O)N1CCOCC1. The Morgan fingerprint density at radius 2 is 1.85 bits per heavy atom. The van der Waals surface area contributed by atoms with Crippen molar-refractivity contribution >= 4 is 11.8 Å². The number of nitrogens with zero attached hydrogens (tertiary/aromatic N) is 1. The summed E-state index contributed by atoms with van der Waals surface area (Å²) >= 11 is 0. The molecular weight excluding hydrogens is 258 g/mol. The van der Waals surface area contributed by atoms with Crippen LogP contribution in [0.2, 0.25) is 0 Å². The first-order valence-corrected chi connectivity index (χ1v) is 7.45. The molecule has 0 radical (unpaired) electrons. The minimum absolute atomic E-state index is 0.0188. The number of carbonyl (C=O) groups is 2. The molecule has 1 rings (SSSR count). The molecule has 0 unspecified atom stereocenters. The highest BCUT2D eigenvalue weighted by molar-refractivity contribution is 5.79. The zero-order valence-electron chi connectivity index (χ0n) is 12.6. The van der Waals surface area contributed by atoms with Gasteiger partial charge in [0, 0.05) is 38.5 Å². The Bertz CT molecular complexity index is 302. The average Bonchev–Trinajstić information content (AvgIpc) is 2.44. The predicted octanol–water partition coefficient (Wildman–Crippen LogP) is 0.130. The zero-order chi connectivity index (χ0) is 14.8. The Hall–Kier alpha value is -1.14. The molecule has 6 nitrogen and oxygen atoms in total. The van der Waals surface area contributed by atoms with Crippen molar-refractivity contribution < 1.29 is 14.3 Å². The van der Waals surface area contributed by atoms with Gasteiger partial charge in [-0.2, -0.15) is 0 Å². The Labute approximate surface area is 121 Å². The van der Waals surface area contributed by atoms with Gasteiger partial charge in [0.05, 0.1) is 13.2 Å². The molecule has 116 valence electrons. The second-order valence-electron chi connectivity index (χ2n) is 5.31. The lowest BCUT2D eigenvalue weighted by atomic mass is 10.2. The maximum atomic E-state index is 11.8. The lowest BCUT2D eigenvalue weighted by molar-refractivity contribution is -0.135. The fourth-order valence-electron chi connectivity index (χ4n) is 2.01. The summed E-state index contributed by atoms with van der Waals surface area (Å²) in [6, 6.07) is 0.448. The molecule has 2 N–H and O–H groups in total. The second kappa shape index (κ2) is 9.72. The van der Waals surface area contributed by atoms with Crippen LogP contribution in [-0.4, -0.2) is 62.1 Å². The molecule has 1 fully saturated rings. The third-order valence-corrected chi connectivity index (χ3v) is 3.16. The van der Waals surface area contributed by atoms with E-state index in [-0.39, 0.29) is 11.8 Å². The first-order chi connectivity index (χ1) is 9.59. The molecule has 6 heteroatoms. The van der Waals surface area contributed by atoms with Crippen LogP contribution in [0.15, 0.2) is 0 Å². The topological polar surface area (TPSA) is 70.7 Å². The van der Waals surface area contributed by atoms with Crippen molar-refractivity contribution in [2.24, 2.45) is 0 Å². The van der Waals surface area contributed by atoms with Gasteiger partial charge >= 0.3 is 0 Å². The van der Waals surface area contributed by atoms with E-state index in [1.807, 2.05) is 0 Å². The van der Waals surface area contributed by atoms with Crippen molar-refractivity contribution in [2.45, 2.75) is 39.2 Å². The molecular formula is C14H27N3O3. The molecule has 20 heavy (non-hydrogen) atoms. The van der Waals surface area contributed by atoms with Gasteiger partial charge < -0.3 is 20.3 Å². The Morgan fingerprint density at radius 3 is 2.50 bits per heavy atom. The van der Waals surface area contributed by atoms with Crippen molar-refractivity contribution in [1.29, 1.82) is 0 Å². The van der Waals surface area contributed by atoms with Crippen LogP contribution in [0.5, 0.6) is 0 Å². The van der Waals surface area contributed by atoms with Gasteiger partial charge in [-0.1, -0.05) is 13.8 Å². The van der Waals surface area contributed by atoms with Crippen molar-refractivity contribution in [1.82, 2.24) is 15.5 Å². The van der Waals surface area contributed by atoms with Crippen molar-refractivity contribution in [3.8, 4) is 0 Å². The maximum absolute atomic E-state index is 11.8. The second-order valence-corrected chi connectivity index (χ2v) is 5.31. The third-order valence-electron chi connectivity index (χ3n) is 3.16. The molecule has 0 aromatic carbocycles. The number of ether oxygens (including phenoxy) is 1. The first-order valence-electron chi connectivity index (χ1n) is 7.45. The van der Waals surface area contributed by atoms with Crippen molar-refractivity contribution in [3.63, 3.8) is 0 Å². The smallest absolute Gasteiger partial charge is 0.224 e. The fraction of sp³-hybridized carbons (Fsp3) is 0.857. The van der Waals surface area contributed by atoms with Crippen molar-refractivity contribution in [2.75, 3.05) is 39.4 Å². The van der Waals surface area contributed by atoms with Crippen LogP contribution in [0.1, 0.15) is 33.1 Å². The van der Waals surface area contributed by atoms with E-state index in [0.29, 0.717) is 51.7 Å². The van der Waals surface area contributed by atoms with Gasteiger partial charge in [0.2, 0.25) is 11.8 Å². The Morgan fingerprint density at radius 1 is 1.15 bits per heavy atom. The zero-order valence-corrected chi connectivity index (χ0v) is 12.6. The van der Waals surface area contributed by atoms with E-state index >= 15 is 0 Å². The van der Waals surface area contributed by atoms with Crippen LogP contribution in [0, 0.1) is 0 Å². The summed E-state index contributed by atoms with van der Waals surface area (Å²) in [5, 5.41) is 6.06. The van der Waals surface area contributed by atoms with E-state index < -0.39 is 0 Å².